The largest absolute Gasteiger partial charge is 0.312 e. The van der Waals surface area contributed by atoms with Crippen molar-refractivity contribution >= 4 is 45.7 Å². The van der Waals surface area contributed by atoms with Crippen LogP contribution < -0.4 is 0 Å². The van der Waals surface area contributed by atoms with Gasteiger partial charge < -0.3 is 0 Å². The van der Waals surface area contributed by atoms with Gasteiger partial charge in [-0.15, -0.1) is 12.4 Å². The second kappa shape index (κ2) is 4.43. The minimum Gasteiger partial charge on any atom is -0.281 e. The molecule has 0 aliphatic rings. The van der Waals surface area contributed by atoms with Crippen LogP contribution in [-0.2, 0) is 10.1 Å². The Labute approximate surface area is 91.0 Å². The van der Waals surface area contributed by atoms with Crippen molar-refractivity contribution in [3.63, 3.8) is 0 Å². The van der Waals surface area contributed by atoms with Gasteiger partial charge in [-0.25, -0.2) is 4.98 Å². The van der Waals surface area contributed by atoms with Gasteiger partial charge in [-0.2, -0.15) is 8.42 Å². The number of pyridine rings is 1. The SMILES string of the molecule is Cl.O=S(=O)(O)c1ccc(Cl)c(Cl)n1. The van der Waals surface area contributed by atoms with Crippen LogP contribution in [0.5, 0.6) is 0 Å². The monoisotopic (exact) mass is 263 g/mol. The van der Waals surface area contributed by atoms with Gasteiger partial charge in [0.2, 0.25) is 0 Å². The molecule has 1 rings (SSSR count). The van der Waals surface area contributed by atoms with Gasteiger partial charge in [-0.05, 0) is 12.1 Å². The molecule has 1 N–H and O–H groups in total. The average molecular weight is 265 g/mol. The molecule has 0 atom stereocenters. The lowest BCUT2D eigenvalue weighted by atomic mass is 10.5. The molecule has 1 heterocycles. The highest BCUT2D eigenvalue weighted by Crippen LogP contribution is 2.20. The smallest absolute Gasteiger partial charge is 0.281 e. The summed E-state index contributed by atoms with van der Waals surface area (Å²) in [6, 6.07) is 2.30. The van der Waals surface area contributed by atoms with Crippen molar-refractivity contribution in [3.8, 4) is 0 Å². The highest BCUT2D eigenvalue weighted by molar-refractivity contribution is 7.85. The highest BCUT2D eigenvalue weighted by atomic mass is 35.5. The van der Waals surface area contributed by atoms with Gasteiger partial charge in [0, 0.05) is 0 Å². The second-order valence-electron chi connectivity index (χ2n) is 1.90. The van der Waals surface area contributed by atoms with Crippen molar-refractivity contribution in [2.45, 2.75) is 5.03 Å². The van der Waals surface area contributed by atoms with Crippen molar-refractivity contribution in [3.05, 3.63) is 22.3 Å². The van der Waals surface area contributed by atoms with E-state index in [0.717, 1.165) is 6.07 Å². The molecule has 0 amide bonds. The number of nitrogens with zero attached hydrogens (tertiary/aromatic N) is 1. The van der Waals surface area contributed by atoms with Crippen LogP contribution in [0.2, 0.25) is 10.2 Å². The third-order valence-corrected chi connectivity index (χ3v) is 2.49. The summed E-state index contributed by atoms with van der Waals surface area (Å²) in [7, 11) is -4.30. The molecule has 0 saturated heterocycles. The zero-order valence-electron chi connectivity index (χ0n) is 5.94. The van der Waals surface area contributed by atoms with Crippen LogP contribution in [0.25, 0.3) is 0 Å². The Morgan fingerprint density at radius 1 is 1.31 bits per heavy atom. The number of rotatable bonds is 1. The van der Waals surface area contributed by atoms with E-state index < -0.39 is 15.1 Å². The van der Waals surface area contributed by atoms with Crippen molar-refractivity contribution in [2.75, 3.05) is 0 Å². The Morgan fingerprint density at radius 2 is 1.85 bits per heavy atom. The molecule has 4 nitrogen and oxygen atoms in total. The minimum absolute atomic E-state index is 0. The molecular formula is C5H4Cl3NO3S. The lowest BCUT2D eigenvalue weighted by Crippen LogP contribution is -2.00. The zero-order chi connectivity index (χ0) is 9.35. The summed E-state index contributed by atoms with van der Waals surface area (Å²) in [4.78, 5) is 3.34. The molecule has 0 radical (unpaired) electrons. The molecule has 74 valence electrons. The first-order valence-corrected chi connectivity index (χ1v) is 4.90. The second-order valence-corrected chi connectivity index (χ2v) is 4.03. The predicted molar refractivity (Wildman–Crippen MR) is 51.3 cm³/mol. The van der Waals surface area contributed by atoms with Crippen LogP contribution >= 0.6 is 35.6 Å². The van der Waals surface area contributed by atoms with Gasteiger partial charge >= 0.3 is 10.1 Å². The van der Waals surface area contributed by atoms with Crippen LogP contribution in [0.15, 0.2) is 17.2 Å². The number of hydrogen-bond donors (Lipinski definition) is 1. The van der Waals surface area contributed by atoms with E-state index in [1.165, 1.54) is 6.07 Å². The zero-order valence-corrected chi connectivity index (χ0v) is 9.08. The molecule has 8 heteroatoms. The van der Waals surface area contributed by atoms with E-state index >= 15 is 0 Å². The fourth-order valence-electron chi connectivity index (χ4n) is 0.544. The molecule has 13 heavy (non-hydrogen) atoms. The maximum Gasteiger partial charge on any atom is 0.312 e. The normalized spacial score (nSPS) is 10.7. The average Bonchev–Trinajstić information content (AvgIpc) is 1.92. The number of hydrogen-bond acceptors (Lipinski definition) is 3. The van der Waals surface area contributed by atoms with Crippen molar-refractivity contribution < 1.29 is 13.0 Å². The molecule has 0 aliphatic carbocycles. The lowest BCUT2D eigenvalue weighted by molar-refractivity contribution is 0.479. The van der Waals surface area contributed by atoms with Gasteiger partial charge in [-0.1, -0.05) is 23.2 Å². The van der Waals surface area contributed by atoms with Crippen LogP contribution in [0.3, 0.4) is 0 Å². The van der Waals surface area contributed by atoms with Crippen LogP contribution in [-0.4, -0.2) is 18.0 Å². The fraction of sp³-hybridized carbons (Fsp3) is 0. The molecule has 0 saturated carbocycles. The highest BCUT2D eigenvalue weighted by Gasteiger charge is 2.12. The van der Waals surface area contributed by atoms with Crippen LogP contribution in [0.1, 0.15) is 0 Å². The molecule has 0 bridgehead atoms. The third-order valence-electron chi connectivity index (χ3n) is 1.04. The first kappa shape index (κ1) is 12.9. The van der Waals surface area contributed by atoms with Gasteiger partial charge in [0.05, 0.1) is 5.02 Å². The topological polar surface area (TPSA) is 67.3 Å². The first-order chi connectivity index (χ1) is 5.41. The Kier molecular flexibility index (Phi) is 4.41. The van der Waals surface area contributed by atoms with Gasteiger partial charge in [0.1, 0.15) is 5.15 Å². The summed E-state index contributed by atoms with van der Waals surface area (Å²) >= 11 is 10.9. The third kappa shape index (κ3) is 3.28. The summed E-state index contributed by atoms with van der Waals surface area (Å²) in [6.45, 7) is 0. The Balaban J connectivity index is 0.00000144. The van der Waals surface area contributed by atoms with E-state index in [9.17, 15) is 8.42 Å². The quantitative estimate of drug-likeness (QED) is 0.623. The summed E-state index contributed by atoms with van der Waals surface area (Å²) < 4.78 is 29.5. The molecule has 0 spiro atoms. The molecule has 0 aliphatic heterocycles. The molecule has 1 aromatic rings. The molecule has 0 unspecified atom stereocenters. The van der Waals surface area contributed by atoms with Gasteiger partial charge in [-0.3, -0.25) is 4.55 Å². The van der Waals surface area contributed by atoms with Crippen molar-refractivity contribution in [2.24, 2.45) is 0 Å². The van der Waals surface area contributed by atoms with Crippen molar-refractivity contribution in [1.29, 1.82) is 0 Å². The maximum atomic E-state index is 10.5. The van der Waals surface area contributed by atoms with E-state index in [2.05, 4.69) is 4.98 Å². The van der Waals surface area contributed by atoms with E-state index in [1.807, 2.05) is 0 Å². The number of aromatic nitrogens is 1. The molecule has 1 aromatic heterocycles. The van der Waals surface area contributed by atoms with Crippen LogP contribution in [0.4, 0.5) is 0 Å². The molecule has 0 fully saturated rings. The summed E-state index contributed by atoms with van der Waals surface area (Å²) in [6.07, 6.45) is 0. The van der Waals surface area contributed by atoms with Gasteiger partial charge in [0.15, 0.2) is 5.03 Å². The maximum absolute atomic E-state index is 10.5. The van der Waals surface area contributed by atoms with E-state index in [1.54, 1.807) is 0 Å². The summed E-state index contributed by atoms with van der Waals surface area (Å²) in [5.74, 6) is 0. The lowest BCUT2D eigenvalue weighted by Gasteiger charge is -1.97. The minimum atomic E-state index is -4.30. The van der Waals surface area contributed by atoms with E-state index in [-0.39, 0.29) is 22.6 Å². The van der Waals surface area contributed by atoms with Crippen molar-refractivity contribution in [1.82, 2.24) is 4.98 Å². The predicted octanol–water partition coefficient (Wildman–Crippen LogP) is 2.06. The van der Waals surface area contributed by atoms with E-state index in [0.29, 0.717) is 0 Å². The molecule has 0 aromatic carbocycles. The number of halogens is 3. The first-order valence-electron chi connectivity index (χ1n) is 2.71. The molecular weight excluding hydrogens is 260 g/mol. The van der Waals surface area contributed by atoms with Crippen LogP contribution in [0, 0.1) is 0 Å². The standard InChI is InChI=1S/C5H3Cl2NO3S.ClH/c6-3-1-2-4(8-5(3)7)12(9,10)11;/h1-2H,(H,9,10,11);1H. The fourth-order valence-corrected chi connectivity index (χ4v) is 1.30. The van der Waals surface area contributed by atoms with Gasteiger partial charge in [0.25, 0.3) is 0 Å². The summed E-state index contributed by atoms with van der Waals surface area (Å²) in [5, 5.41) is -0.548. The summed E-state index contributed by atoms with van der Waals surface area (Å²) in [5.41, 5.74) is 0. The Bertz CT molecular complexity index is 405. The van der Waals surface area contributed by atoms with E-state index in [4.69, 9.17) is 27.8 Å². The Morgan fingerprint density at radius 3 is 2.23 bits per heavy atom. The Hall–Kier alpha value is -0.0700.